The molecule has 0 radical (unpaired) electrons. The molecule has 1 aromatic heterocycles. The van der Waals surface area contributed by atoms with Gasteiger partial charge in [0.05, 0.1) is 23.6 Å². The van der Waals surface area contributed by atoms with Gasteiger partial charge in [0.2, 0.25) is 5.95 Å². The number of rotatable bonds is 4. The van der Waals surface area contributed by atoms with Crippen LogP contribution in [0.4, 0.5) is 5.95 Å². The zero-order valence-electron chi connectivity index (χ0n) is 16.8. The fraction of sp³-hybridized carbons (Fsp3) is 0.391. The molecule has 5 rings (SSSR count). The van der Waals surface area contributed by atoms with Crippen LogP contribution in [0.15, 0.2) is 59.6 Å². The normalized spacial score (nSPS) is 22.9. The Morgan fingerprint density at radius 3 is 2.79 bits per heavy atom. The Bertz CT molecular complexity index is 962. The maximum atomic E-state index is 4.77. The van der Waals surface area contributed by atoms with Crippen LogP contribution in [0.3, 0.4) is 0 Å². The van der Waals surface area contributed by atoms with Crippen molar-refractivity contribution in [3.63, 3.8) is 0 Å². The average Bonchev–Trinajstić information content (AvgIpc) is 3.41. The molecule has 6 nitrogen and oxygen atoms in total. The van der Waals surface area contributed by atoms with E-state index in [0.717, 1.165) is 55.4 Å². The van der Waals surface area contributed by atoms with Gasteiger partial charge in [0.1, 0.15) is 0 Å². The molecule has 2 aromatic carbocycles. The molecule has 3 unspecified atom stereocenters. The molecular weight excluding hydrogens is 360 g/mol. The smallest absolute Gasteiger partial charge is 0.203 e. The number of hydrogen-bond acceptors (Lipinski definition) is 5. The van der Waals surface area contributed by atoms with Crippen LogP contribution >= 0.6 is 0 Å². The number of nitrogens with one attached hydrogen (secondary N) is 3. The number of hydrogen-bond donors (Lipinski definition) is 3. The lowest BCUT2D eigenvalue weighted by Gasteiger charge is -2.33. The minimum atomic E-state index is 0.343. The third-order valence-electron chi connectivity index (χ3n) is 6.14. The van der Waals surface area contributed by atoms with Crippen molar-refractivity contribution in [2.75, 3.05) is 24.5 Å². The number of aliphatic imine (C=N–C) groups is 1. The van der Waals surface area contributed by atoms with Crippen LogP contribution in [0.2, 0.25) is 0 Å². The molecule has 0 aliphatic carbocycles. The number of para-hydroxylation sites is 2. The Balaban J connectivity index is 1.20. The monoisotopic (exact) mass is 388 g/mol. The van der Waals surface area contributed by atoms with Crippen molar-refractivity contribution in [1.29, 1.82) is 0 Å². The van der Waals surface area contributed by atoms with Crippen molar-refractivity contribution in [1.82, 2.24) is 20.6 Å². The second kappa shape index (κ2) is 7.78. The van der Waals surface area contributed by atoms with Gasteiger partial charge in [-0.15, -0.1) is 0 Å². The summed E-state index contributed by atoms with van der Waals surface area (Å²) in [6, 6.07) is 19.6. The number of fused-ring (bicyclic) bond motifs is 1. The predicted molar refractivity (Wildman–Crippen MR) is 119 cm³/mol. The Labute approximate surface area is 171 Å². The van der Waals surface area contributed by atoms with E-state index in [1.807, 2.05) is 12.1 Å². The van der Waals surface area contributed by atoms with Gasteiger partial charge >= 0.3 is 0 Å². The van der Waals surface area contributed by atoms with E-state index in [4.69, 9.17) is 9.98 Å². The molecular formula is C23H28N6. The molecule has 2 aliphatic rings. The zero-order chi connectivity index (χ0) is 19.6. The van der Waals surface area contributed by atoms with Crippen molar-refractivity contribution in [3.8, 4) is 0 Å². The number of anilines is 1. The highest BCUT2D eigenvalue weighted by molar-refractivity contribution is 5.82. The van der Waals surface area contributed by atoms with E-state index in [1.54, 1.807) is 0 Å². The van der Waals surface area contributed by atoms with Gasteiger partial charge in [0.15, 0.2) is 5.96 Å². The summed E-state index contributed by atoms with van der Waals surface area (Å²) < 4.78 is 0. The molecule has 6 heteroatoms. The highest BCUT2D eigenvalue weighted by Gasteiger charge is 2.28. The summed E-state index contributed by atoms with van der Waals surface area (Å²) in [6.07, 6.45) is 2.29. The van der Waals surface area contributed by atoms with Crippen LogP contribution in [0.1, 0.15) is 31.2 Å². The maximum Gasteiger partial charge on any atom is 0.203 e. The van der Waals surface area contributed by atoms with Gasteiger partial charge in [-0.2, -0.15) is 0 Å². The SMILES string of the molecule is CC(c1ccccc1)C1CN=C(NC2CCCN(c3nc4ccccc4[nH]3)C2)N1. The summed E-state index contributed by atoms with van der Waals surface area (Å²) in [4.78, 5) is 15.3. The number of imidazole rings is 1. The van der Waals surface area contributed by atoms with Crippen LogP contribution in [0.25, 0.3) is 11.0 Å². The Hall–Kier alpha value is -3.02. The largest absolute Gasteiger partial charge is 0.352 e. The first-order chi connectivity index (χ1) is 14.3. The third-order valence-corrected chi connectivity index (χ3v) is 6.14. The third kappa shape index (κ3) is 3.79. The van der Waals surface area contributed by atoms with Crippen LogP contribution in [0.5, 0.6) is 0 Å². The van der Waals surface area contributed by atoms with Gasteiger partial charge in [-0.05, 0) is 30.5 Å². The van der Waals surface area contributed by atoms with E-state index in [9.17, 15) is 0 Å². The van der Waals surface area contributed by atoms with Crippen molar-refractivity contribution in [2.24, 2.45) is 4.99 Å². The predicted octanol–water partition coefficient (Wildman–Crippen LogP) is 3.25. The molecule has 3 heterocycles. The molecule has 0 saturated carbocycles. The Morgan fingerprint density at radius 2 is 1.93 bits per heavy atom. The van der Waals surface area contributed by atoms with Crippen LogP contribution < -0.4 is 15.5 Å². The van der Waals surface area contributed by atoms with Gasteiger partial charge in [0.25, 0.3) is 0 Å². The average molecular weight is 389 g/mol. The maximum absolute atomic E-state index is 4.77. The van der Waals surface area contributed by atoms with Crippen molar-refractivity contribution >= 4 is 22.9 Å². The molecule has 0 bridgehead atoms. The van der Waals surface area contributed by atoms with Crippen LogP contribution in [-0.2, 0) is 0 Å². The lowest BCUT2D eigenvalue weighted by molar-refractivity contribution is 0.462. The number of benzene rings is 2. The molecule has 3 N–H and O–H groups in total. The molecule has 29 heavy (non-hydrogen) atoms. The number of H-pyrrole nitrogens is 1. The molecule has 0 amide bonds. The molecule has 0 spiro atoms. The highest BCUT2D eigenvalue weighted by atomic mass is 15.3. The number of aromatic amines is 1. The van der Waals surface area contributed by atoms with Gasteiger partial charge in [-0.1, -0.05) is 49.4 Å². The minimum Gasteiger partial charge on any atom is -0.352 e. The molecule has 1 saturated heterocycles. The number of guanidine groups is 1. The topological polar surface area (TPSA) is 68.3 Å². The van der Waals surface area contributed by atoms with E-state index >= 15 is 0 Å². The lowest BCUT2D eigenvalue weighted by Crippen LogP contribution is -2.51. The van der Waals surface area contributed by atoms with Crippen molar-refractivity contribution in [3.05, 3.63) is 60.2 Å². The first kappa shape index (κ1) is 18.0. The summed E-state index contributed by atoms with van der Waals surface area (Å²) in [7, 11) is 0. The lowest BCUT2D eigenvalue weighted by atomic mass is 9.94. The first-order valence-electron chi connectivity index (χ1n) is 10.6. The summed E-state index contributed by atoms with van der Waals surface area (Å²) in [5.74, 6) is 2.33. The number of piperidine rings is 1. The molecule has 2 aliphatic heterocycles. The highest BCUT2D eigenvalue weighted by Crippen LogP contribution is 2.23. The van der Waals surface area contributed by atoms with Gasteiger partial charge in [-0.3, -0.25) is 4.99 Å². The molecule has 150 valence electrons. The molecule has 1 fully saturated rings. The van der Waals surface area contributed by atoms with E-state index in [1.165, 1.54) is 5.56 Å². The van der Waals surface area contributed by atoms with E-state index in [0.29, 0.717) is 18.0 Å². The van der Waals surface area contributed by atoms with Gasteiger partial charge in [0, 0.05) is 25.0 Å². The van der Waals surface area contributed by atoms with Crippen LogP contribution in [-0.4, -0.2) is 47.6 Å². The second-order valence-corrected chi connectivity index (χ2v) is 8.15. The van der Waals surface area contributed by atoms with E-state index < -0.39 is 0 Å². The summed E-state index contributed by atoms with van der Waals surface area (Å²) >= 11 is 0. The van der Waals surface area contributed by atoms with E-state index in [-0.39, 0.29) is 0 Å². The first-order valence-corrected chi connectivity index (χ1v) is 10.6. The summed E-state index contributed by atoms with van der Waals surface area (Å²) in [6.45, 7) is 5.05. The van der Waals surface area contributed by atoms with Crippen molar-refractivity contribution in [2.45, 2.75) is 37.8 Å². The van der Waals surface area contributed by atoms with E-state index in [2.05, 4.69) is 69.9 Å². The molecule has 3 atom stereocenters. The second-order valence-electron chi connectivity index (χ2n) is 8.15. The van der Waals surface area contributed by atoms with Crippen LogP contribution in [0, 0.1) is 0 Å². The molecule has 3 aromatic rings. The standard InChI is InChI=1S/C23H28N6/c1-16(17-8-3-2-4-9-17)21-14-24-22(26-21)25-18-10-7-13-29(15-18)23-27-19-11-5-6-12-20(19)28-23/h2-6,8-9,11-12,16,18,21H,7,10,13-15H2,1H3,(H,27,28)(H2,24,25,26). The van der Waals surface area contributed by atoms with Gasteiger partial charge in [-0.25, -0.2) is 4.98 Å². The Kier molecular flexibility index (Phi) is 4.84. The minimum absolute atomic E-state index is 0.343. The fourth-order valence-electron chi connectivity index (χ4n) is 4.39. The van der Waals surface area contributed by atoms with Crippen molar-refractivity contribution < 1.29 is 0 Å². The van der Waals surface area contributed by atoms with Gasteiger partial charge < -0.3 is 20.5 Å². The number of aromatic nitrogens is 2. The zero-order valence-corrected chi connectivity index (χ0v) is 16.8. The quantitative estimate of drug-likeness (QED) is 0.642. The summed E-state index contributed by atoms with van der Waals surface area (Å²) in [5.41, 5.74) is 3.48. The number of nitrogens with zero attached hydrogens (tertiary/aromatic N) is 3. The fourth-order valence-corrected chi connectivity index (χ4v) is 4.39. The summed E-state index contributed by atoms with van der Waals surface area (Å²) in [5, 5.41) is 7.25. The Morgan fingerprint density at radius 1 is 1.10 bits per heavy atom.